The van der Waals surface area contributed by atoms with Crippen LogP contribution in [0.5, 0.6) is 0 Å². The minimum atomic E-state index is -0.0129. The fraction of sp³-hybridized carbons (Fsp3) is 0.286. The summed E-state index contributed by atoms with van der Waals surface area (Å²) in [7, 11) is 0. The summed E-state index contributed by atoms with van der Waals surface area (Å²) in [6.45, 7) is 4.23. The number of rotatable bonds is 3. The normalized spacial score (nSPS) is 12.7. The molecule has 1 unspecified atom stereocenters. The Balaban J connectivity index is 2.18. The van der Waals surface area contributed by atoms with E-state index in [4.69, 9.17) is 28.9 Å². The maximum atomic E-state index is 6.23. The molecule has 2 aromatic rings. The van der Waals surface area contributed by atoms with Crippen LogP contribution in [0.25, 0.3) is 0 Å². The van der Waals surface area contributed by atoms with Gasteiger partial charge >= 0.3 is 0 Å². The summed E-state index contributed by atoms with van der Waals surface area (Å²) in [6.07, 6.45) is 0.732. The number of benzene rings is 1. The van der Waals surface area contributed by atoms with E-state index in [9.17, 15) is 0 Å². The Bertz CT molecular complexity index is 543. The lowest BCUT2D eigenvalue weighted by Gasteiger charge is -2.11. The highest BCUT2D eigenvalue weighted by atomic mass is 35.5. The van der Waals surface area contributed by atoms with Crippen LogP contribution in [0, 0.1) is 13.8 Å². The van der Waals surface area contributed by atoms with Crippen molar-refractivity contribution in [2.75, 3.05) is 0 Å². The first-order chi connectivity index (χ1) is 8.47. The average Bonchev–Trinajstić information content (AvgIpc) is 2.63. The largest absolute Gasteiger partial charge is 0.323 e. The summed E-state index contributed by atoms with van der Waals surface area (Å²) < 4.78 is 0. The number of hydrogen-bond donors (Lipinski definition) is 1. The quantitative estimate of drug-likeness (QED) is 0.856. The van der Waals surface area contributed by atoms with Crippen molar-refractivity contribution in [3.05, 3.63) is 55.2 Å². The minimum Gasteiger partial charge on any atom is -0.323 e. The highest BCUT2D eigenvalue weighted by molar-refractivity contribution is 7.12. The molecule has 0 saturated heterocycles. The van der Waals surface area contributed by atoms with Gasteiger partial charge in [0, 0.05) is 25.8 Å². The minimum absolute atomic E-state index is 0.0129. The van der Waals surface area contributed by atoms with E-state index < -0.39 is 0 Å². The van der Waals surface area contributed by atoms with Gasteiger partial charge in [-0.3, -0.25) is 0 Å². The lowest BCUT2D eigenvalue weighted by molar-refractivity contribution is 0.736. The van der Waals surface area contributed by atoms with Crippen LogP contribution in [0.2, 0.25) is 10.0 Å². The molecule has 0 radical (unpaired) electrons. The highest BCUT2D eigenvalue weighted by Gasteiger charge is 2.13. The summed E-state index contributed by atoms with van der Waals surface area (Å²) in [5, 5.41) is 1.34. The molecule has 0 bridgehead atoms. The highest BCUT2D eigenvalue weighted by Crippen LogP contribution is 2.29. The zero-order valence-electron chi connectivity index (χ0n) is 10.3. The fourth-order valence-electron chi connectivity index (χ4n) is 1.81. The lowest BCUT2D eigenvalue weighted by Crippen LogP contribution is -2.12. The zero-order valence-corrected chi connectivity index (χ0v) is 12.7. The second-order valence-corrected chi connectivity index (χ2v) is 6.57. The molecule has 1 nitrogen and oxygen atoms in total. The van der Waals surface area contributed by atoms with Crippen molar-refractivity contribution in [1.82, 2.24) is 0 Å². The zero-order chi connectivity index (χ0) is 13.3. The topological polar surface area (TPSA) is 26.0 Å². The van der Waals surface area contributed by atoms with Crippen molar-refractivity contribution in [2.45, 2.75) is 26.3 Å². The molecular weight excluding hydrogens is 285 g/mol. The Kier molecular flexibility index (Phi) is 4.33. The summed E-state index contributed by atoms with van der Waals surface area (Å²) in [5.41, 5.74) is 8.57. The first-order valence-corrected chi connectivity index (χ1v) is 7.31. The predicted octanol–water partition coefficient (Wildman–Crippen LogP) is 4.91. The van der Waals surface area contributed by atoms with E-state index in [2.05, 4.69) is 19.9 Å². The van der Waals surface area contributed by atoms with Gasteiger partial charge in [-0.2, -0.15) is 0 Å². The van der Waals surface area contributed by atoms with Crippen molar-refractivity contribution < 1.29 is 0 Å². The van der Waals surface area contributed by atoms with Gasteiger partial charge in [-0.1, -0.05) is 29.3 Å². The summed E-state index contributed by atoms with van der Waals surface area (Å²) >= 11 is 13.8. The van der Waals surface area contributed by atoms with Crippen LogP contribution < -0.4 is 5.73 Å². The van der Waals surface area contributed by atoms with Gasteiger partial charge in [0.2, 0.25) is 0 Å². The van der Waals surface area contributed by atoms with Crippen LogP contribution in [0.15, 0.2) is 24.3 Å². The first kappa shape index (κ1) is 13.9. The van der Waals surface area contributed by atoms with E-state index in [-0.39, 0.29) is 6.04 Å². The molecule has 96 valence electrons. The van der Waals surface area contributed by atoms with E-state index >= 15 is 0 Å². The Labute approximate surface area is 122 Å². The SMILES string of the molecule is Cc1cc(C(N)Cc2ccc(Cl)cc2Cl)sc1C. The summed E-state index contributed by atoms with van der Waals surface area (Å²) in [5.74, 6) is 0. The molecule has 0 amide bonds. The molecule has 2 N–H and O–H groups in total. The molecule has 0 spiro atoms. The van der Waals surface area contributed by atoms with Crippen LogP contribution in [0.1, 0.15) is 26.9 Å². The lowest BCUT2D eigenvalue weighted by atomic mass is 10.0. The van der Waals surface area contributed by atoms with E-state index in [1.54, 1.807) is 17.4 Å². The average molecular weight is 300 g/mol. The number of aryl methyl sites for hydroxylation is 2. The van der Waals surface area contributed by atoms with E-state index in [0.29, 0.717) is 10.0 Å². The molecule has 2 rings (SSSR count). The van der Waals surface area contributed by atoms with Crippen molar-refractivity contribution >= 4 is 34.5 Å². The smallest absolute Gasteiger partial charge is 0.0453 e. The van der Waals surface area contributed by atoms with Crippen LogP contribution in [-0.2, 0) is 6.42 Å². The van der Waals surface area contributed by atoms with Gasteiger partial charge in [0.05, 0.1) is 0 Å². The molecule has 0 saturated carbocycles. The summed E-state index contributed by atoms with van der Waals surface area (Å²) in [4.78, 5) is 2.53. The van der Waals surface area contributed by atoms with Crippen molar-refractivity contribution in [3.8, 4) is 0 Å². The maximum absolute atomic E-state index is 6.23. The molecule has 0 aliphatic rings. The number of nitrogens with two attached hydrogens (primary N) is 1. The molecular formula is C14H15Cl2NS. The maximum Gasteiger partial charge on any atom is 0.0453 e. The molecule has 1 atom stereocenters. The van der Waals surface area contributed by atoms with Gasteiger partial charge in [0.15, 0.2) is 0 Å². The van der Waals surface area contributed by atoms with Crippen LogP contribution in [-0.4, -0.2) is 0 Å². The van der Waals surface area contributed by atoms with Crippen molar-refractivity contribution in [2.24, 2.45) is 5.73 Å². The van der Waals surface area contributed by atoms with Gasteiger partial charge in [0.1, 0.15) is 0 Å². The Morgan fingerprint density at radius 1 is 1.22 bits per heavy atom. The summed E-state index contributed by atoms with van der Waals surface area (Å²) in [6, 6.07) is 7.70. The van der Waals surface area contributed by atoms with E-state index in [1.807, 2.05) is 12.1 Å². The van der Waals surface area contributed by atoms with Gasteiger partial charge in [-0.15, -0.1) is 11.3 Å². The molecule has 0 aliphatic carbocycles. The third-order valence-electron chi connectivity index (χ3n) is 3.01. The Morgan fingerprint density at radius 2 is 1.94 bits per heavy atom. The Hall–Kier alpha value is -0.540. The molecule has 0 fully saturated rings. The fourth-order valence-corrected chi connectivity index (χ4v) is 3.34. The number of halogens is 2. The number of hydrogen-bond acceptors (Lipinski definition) is 2. The van der Waals surface area contributed by atoms with Crippen molar-refractivity contribution in [3.63, 3.8) is 0 Å². The third kappa shape index (κ3) is 3.07. The monoisotopic (exact) mass is 299 g/mol. The molecule has 1 aromatic carbocycles. The molecule has 1 heterocycles. The van der Waals surface area contributed by atoms with Gasteiger partial charge in [-0.25, -0.2) is 0 Å². The van der Waals surface area contributed by atoms with Crippen LogP contribution >= 0.6 is 34.5 Å². The first-order valence-electron chi connectivity index (χ1n) is 5.74. The predicted molar refractivity (Wildman–Crippen MR) is 80.9 cm³/mol. The molecule has 0 aliphatic heterocycles. The van der Waals surface area contributed by atoms with Gasteiger partial charge in [-0.05, 0) is 49.6 Å². The van der Waals surface area contributed by atoms with Gasteiger partial charge in [0.25, 0.3) is 0 Å². The molecule has 1 aromatic heterocycles. The van der Waals surface area contributed by atoms with E-state index in [0.717, 1.165) is 12.0 Å². The second kappa shape index (κ2) is 5.62. The second-order valence-electron chi connectivity index (χ2n) is 4.43. The Morgan fingerprint density at radius 3 is 2.50 bits per heavy atom. The number of thiophene rings is 1. The standard InChI is InChI=1S/C14H15Cl2NS/c1-8-5-14(18-9(8)2)13(17)6-10-3-4-11(15)7-12(10)16/h3-5,7,13H,6,17H2,1-2H3. The van der Waals surface area contributed by atoms with Crippen LogP contribution in [0.4, 0.5) is 0 Å². The van der Waals surface area contributed by atoms with E-state index in [1.165, 1.54) is 15.3 Å². The van der Waals surface area contributed by atoms with Crippen LogP contribution in [0.3, 0.4) is 0 Å². The van der Waals surface area contributed by atoms with Crippen molar-refractivity contribution in [1.29, 1.82) is 0 Å². The molecule has 4 heteroatoms. The molecule has 18 heavy (non-hydrogen) atoms. The van der Waals surface area contributed by atoms with Gasteiger partial charge < -0.3 is 5.73 Å². The third-order valence-corrected chi connectivity index (χ3v) is 4.88.